The van der Waals surface area contributed by atoms with E-state index in [-0.39, 0.29) is 18.1 Å². The average Bonchev–Trinajstić information content (AvgIpc) is 3.61. The molecule has 4 aromatic carbocycles. The number of fused-ring (bicyclic) bond motifs is 2. The van der Waals surface area contributed by atoms with Crippen molar-refractivity contribution in [2.45, 2.75) is 107 Å². The summed E-state index contributed by atoms with van der Waals surface area (Å²) in [6.45, 7) is 28.0. The number of rotatable bonds is 7. The molecule has 263 valence electrons. The molecule has 0 aliphatic heterocycles. The molecule has 0 nitrogen and oxygen atoms in total. The fourth-order valence-electron chi connectivity index (χ4n) is 9.17. The Kier molecular flexibility index (Phi) is 9.95. The number of hydrogen-bond donors (Lipinski definition) is 0. The molecule has 0 saturated carbocycles. The minimum atomic E-state index is -4.90. The first kappa shape index (κ1) is 37.8. The maximum absolute atomic E-state index is 8.78. The van der Waals surface area contributed by atoms with E-state index >= 15 is 0 Å². The van der Waals surface area contributed by atoms with E-state index in [1.165, 1.54) is 72.4 Å². The molecule has 0 radical (unpaired) electrons. The second-order valence-corrected chi connectivity index (χ2v) is 60.3. The zero-order valence-corrected chi connectivity index (χ0v) is 37.6. The van der Waals surface area contributed by atoms with Crippen molar-refractivity contribution in [3.63, 3.8) is 0 Å². The molecule has 0 aromatic heterocycles. The van der Waals surface area contributed by atoms with Crippen LogP contribution in [-0.4, -0.2) is 5.92 Å². The molecular weight excluding hydrogens is 743 g/mol. The molecule has 50 heavy (non-hydrogen) atoms. The molecule has 6 rings (SSSR count). The number of halogens is 2. The van der Waals surface area contributed by atoms with Gasteiger partial charge in [0.1, 0.15) is 0 Å². The van der Waals surface area contributed by atoms with Crippen molar-refractivity contribution in [1.82, 2.24) is 0 Å². The van der Waals surface area contributed by atoms with Crippen LogP contribution < -0.4 is 0 Å². The Labute approximate surface area is 312 Å². The summed E-state index contributed by atoms with van der Waals surface area (Å²) in [5.41, 5.74) is 17.8. The summed E-state index contributed by atoms with van der Waals surface area (Å²) in [6, 6.07) is 32.3. The number of allylic oxidation sites excluding steroid dienone is 3. The summed E-state index contributed by atoms with van der Waals surface area (Å²) < 4.78 is 0.170. The van der Waals surface area contributed by atoms with Crippen LogP contribution in [0.4, 0.5) is 0 Å². The van der Waals surface area contributed by atoms with Gasteiger partial charge in [0.15, 0.2) is 0 Å². The second-order valence-electron chi connectivity index (χ2n) is 17.8. The van der Waals surface area contributed by atoms with Crippen LogP contribution in [0.25, 0.3) is 33.9 Å². The Balaban J connectivity index is 1.56. The van der Waals surface area contributed by atoms with E-state index in [0.717, 1.165) is 6.42 Å². The van der Waals surface area contributed by atoms with Crippen molar-refractivity contribution in [1.29, 1.82) is 0 Å². The van der Waals surface area contributed by atoms with Crippen molar-refractivity contribution in [2.75, 3.05) is 0 Å². The van der Waals surface area contributed by atoms with Crippen molar-refractivity contribution < 1.29 is 15.6 Å². The van der Waals surface area contributed by atoms with E-state index in [0.29, 0.717) is 5.92 Å². The van der Waals surface area contributed by atoms with E-state index in [9.17, 15) is 0 Å². The minimum absolute atomic E-state index is 0.0795. The Hall–Kier alpha value is -1.96. The fourth-order valence-corrected chi connectivity index (χ4v) is 40.8. The molecule has 0 spiro atoms. The molecule has 0 heterocycles. The van der Waals surface area contributed by atoms with Gasteiger partial charge in [0.05, 0.1) is 0 Å². The van der Waals surface area contributed by atoms with Crippen LogP contribution in [0.3, 0.4) is 0 Å². The molecule has 0 bridgehead atoms. The first-order valence-corrected chi connectivity index (χ1v) is 35.1. The van der Waals surface area contributed by atoms with Crippen LogP contribution in [0.1, 0.15) is 116 Å². The molecule has 4 aromatic rings. The molecular formula is C46H57Cl2SiZr. The van der Waals surface area contributed by atoms with Crippen LogP contribution in [0.2, 0.25) is 13.1 Å². The second kappa shape index (κ2) is 13.2. The van der Waals surface area contributed by atoms with E-state index in [2.05, 4.69) is 173 Å². The summed E-state index contributed by atoms with van der Waals surface area (Å²) in [5.74, 6) is -1.33. The van der Waals surface area contributed by atoms with Gasteiger partial charge in [-0.1, -0.05) is 0 Å². The van der Waals surface area contributed by atoms with Gasteiger partial charge in [0.25, 0.3) is 0 Å². The summed E-state index contributed by atoms with van der Waals surface area (Å²) in [4.78, 5) is 0. The van der Waals surface area contributed by atoms with E-state index in [1.54, 1.807) is 0 Å². The molecule has 2 aliphatic rings. The first-order valence-electron chi connectivity index (χ1n) is 18.8. The molecule has 2 aliphatic carbocycles. The van der Waals surface area contributed by atoms with E-state index in [4.69, 9.17) is 17.0 Å². The SMILES string of the molecule is CCC1=Cc2c(-c3ccc(C(C)(C)C)cc3)cccc2[CH]1[Zr]([Cl])([Cl])([CH]1C(C(C)C)=C(C)c2c(-c3ccc(C(C)(C)C)cc3)cccc21)[SiH](C)C. The van der Waals surface area contributed by atoms with E-state index < -0.39 is 21.5 Å². The quantitative estimate of drug-likeness (QED) is 0.163. The van der Waals surface area contributed by atoms with Crippen molar-refractivity contribution in [2.24, 2.45) is 5.92 Å². The standard InChI is InChI=1S/C23H27.C21H23.C2H7Si.2ClH.Zr/c1-15(2)21-14-18-8-7-9-20(22(18)16(21)3)17-10-12-19(13-11-17)23(4,5)6;1-5-15-13-17-7-6-8-19(20(17)14-15)16-9-11-18(12-10-16)21(2,3)4;1-3-2;;;/h7-15H,1-6H3;6-14H,5H2,1-4H3;3H,1-2H3;2*1H;/q;;;;;+2/p-2. The molecule has 0 saturated heterocycles. The molecule has 0 N–H and O–H groups in total. The van der Waals surface area contributed by atoms with Crippen LogP contribution in [0.15, 0.2) is 96.1 Å². The van der Waals surface area contributed by atoms with Crippen molar-refractivity contribution >= 4 is 34.6 Å². The third-order valence-corrected chi connectivity index (χ3v) is 63.7. The van der Waals surface area contributed by atoms with Gasteiger partial charge < -0.3 is 0 Å². The molecule has 0 amide bonds. The first-order chi connectivity index (χ1) is 23.3. The van der Waals surface area contributed by atoms with Crippen molar-refractivity contribution in [3.05, 3.63) is 129 Å². The zero-order chi connectivity index (χ0) is 36.6. The molecule has 2 unspecified atom stereocenters. The molecule has 2 atom stereocenters. The average molecular weight is 800 g/mol. The predicted octanol–water partition coefficient (Wildman–Crippen LogP) is 14.6. The normalized spacial score (nSPS) is 18.7. The summed E-state index contributed by atoms with van der Waals surface area (Å²) >= 11 is -4.90. The van der Waals surface area contributed by atoms with Gasteiger partial charge in [-0.25, -0.2) is 0 Å². The van der Waals surface area contributed by atoms with Gasteiger partial charge in [-0.3, -0.25) is 0 Å². The van der Waals surface area contributed by atoms with Gasteiger partial charge in [0, 0.05) is 0 Å². The van der Waals surface area contributed by atoms with Gasteiger partial charge in [-0.05, 0) is 0 Å². The van der Waals surface area contributed by atoms with Crippen LogP contribution in [0, 0.1) is 5.92 Å². The monoisotopic (exact) mass is 797 g/mol. The Morgan fingerprint density at radius 2 is 1.16 bits per heavy atom. The number of hydrogen-bond acceptors (Lipinski definition) is 0. The van der Waals surface area contributed by atoms with Crippen LogP contribution in [-0.2, 0) is 26.4 Å². The summed E-state index contributed by atoms with van der Waals surface area (Å²) in [6.07, 6.45) is 3.43. The van der Waals surface area contributed by atoms with Crippen LogP contribution >= 0.6 is 17.0 Å². The summed E-state index contributed by atoms with van der Waals surface area (Å²) in [5, 5.41) is 0. The third-order valence-electron chi connectivity index (χ3n) is 12.0. The Bertz CT molecular complexity index is 2000. The predicted molar refractivity (Wildman–Crippen MR) is 223 cm³/mol. The zero-order valence-electron chi connectivity index (χ0n) is 32.4. The third kappa shape index (κ3) is 6.07. The van der Waals surface area contributed by atoms with Gasteiger partial charge >= 0.3 is 315 Å². The van der Waals surface area contributed by atoms with Crippen LogP contribution in [0.5, 0.6) is 0 Å². The molecule has 0 fully saturated rings. The van der Waals surface area contributed by atoms with Crippen molar-refractivity contribution in [3.8, 4) is 22.3 Å². The summed E-state index contributed by atoms with van der Waals surface area (Å²) in [7, 11) is 17.6. The van der Waals surface area contributed by atoms with Gasteiger partial charge in [-0.2, -0.15) is 0 Å². The maximum atomic E-state index is 8.78. The Morgan fingerprint density at radius 1 is 0.680 bits per heavy atom. The van der Waals surface area contributed by atoms with Gasteiger partial charge in [-0.15, -0.1) is 0 Å². The van der Waals surface area contributed by atoms with E-state index in [1.807, 2.05) is 0 Å². The molecule has 4 heteroatoms. The van der Waals surface area contributed by atoms with Gasteiger partial charge in [0.2, 0.25) is 0 Å². The topological polar surface area (TPSA) is 0 Å². The Morgan fingerprint density at radius 3 is 1.62 bits per heavy atom. The fraction of sp³-hybridized carbons (Fsp3) is 0.391. The number of benzene rings is 4.